The van der Waals surface area contributed by atoms with Crippen LogP contribution in [0, 0.1) is 0 Å². The Morgan fingerprint density at radius 2 is 1.63 bits per heavy atom. The summed E-state index contributed by atoms with van der Waals surface area (Å²) in [5.41, 5.74) is 4.30. The van der Waals surface area contributed by atoms with Crippen LogP contribution in [0.25, 0.3) is 11.1 Å². The van der Waals surface area contributed by atoms with Gasteiger partial charge in [-0.15, -0.1) is 0 Å². The highest BCUT2D eigenvalue weighted by Gasteiger charge is 2.58. The number of halogens is 1. The van der Waals surface area contributed by atoms with Gasteiger partial charge in [-0.25, -0.2) is 9.69 Å². The molecule has 8 nitrogen and oxygen atoms in total. The Morgan fingerprint density at radius 1 is 0.930 bits per heavy atom. The number of hydrogen-bond donors (Lipinski definition) is 1. The van der Waals surface area contributed by atoms with Gasteiger partial charge in [-0.05, 0) is 74.1 Å². The number of rotatable bonds is 7. The first-order valence-electron chi connectivity index (χ1n) is 15.2. The zero-order chi connectivity index (χ0) is 30.1. The third-order valence-electron chi connectivity index (χ3n) is 9.09. The second-order valence-electron chi connectivity index (χ2n) is 11.7. The fourth-order valence-corrected chi connectivity index (χ4v) is 7.13. The summed E-state index contributed by atoms with van der Waals surface area (Å²) in [7, 11) is 0. The molecule has 0 aliphatic carbocycles. The second-order valence-corrected chi connectivity index (χ2v) is 12.1. The van der Waals surface area contributed by atoms with Gasteiger partial charge in [0.25, 0.3) is 5.91 Å². The van der Waals surface area contributed by atoms with E-state index in [1.54, 1.807) is 17.0 Å². The highest BCUT2D eigenvalue weighted by molar-refractivity contribution is 6.36. The largest absolute Gasteiger partial charge is 0.372 e. The van der Waals surface area contributed by atoms with Crippen LogP contribution in [0.5, 0.6) is 0 Å². The van der Waals surface area contributed by atoms with Crippen LogP contribution in [0.15, 0.2) is 66.7 Å². The Bertz CT molecular complexity index is 1530. The molecule has 3 aliphatic rings. The Hall–Kier alpha value is -3.88. The Labute approximate surface area is 258 Å². The Morgan fingerprint density at radius 3 is 2.28 bits per heavy atom. The van der Waals surface area contributed by atoms with Gasteiger partial charge in [-0.3, -0.25) is 14.5 Å². The quantitative estimate of drug-likeness (QED) is 0.319. The molecule has 1 N–H and O–H groups in total. The van der Waals surface area contributed by atoms with Crippen molar-refractivity contribution in [1.29, 1.82) is 0 Å². The minimum atomic E-state index is -0.873. The number of hydrogen-bond acceptors (Lipinski definition) is 5. The smallest absolute Gasteiger partial charge is 0.332 e. The molecule has 0 bridgehead atoms. The molecule has 3 aliphatic heterocycles. The molecule has 4 amide bonds. The van der Waals surface area contributed by atoms with Crippen molar-refractivity contribution < 1.29 is 14.4 Å². The first kappa shape index (κ1) is 29.2. The normalized spacial score (nSPS) is 18.6. The lowest BCUT2D eigenvalue weighted by atomic mass is 9.85. The standard InChI is InChI=1S/C34H38ClN5O3/c1-3-39-33(43)40(31-15-12-26(22-29(31)35)28-8-4-5-9-30(28)36-24(2)41)32(42)34(39)16-20-37(21-17-34)23-25-10-13-27(14-11-25)38-18-6-7-19-38/h4-5,8-15,22H,3,6-7,16-21,23H2,1-2H3,(H,36,41). The van der Waals surface area contributed by atoms with Crippen LogP contribution in [0.4, 0.5) is 21.9 Å². The third kappa shape index (κ3) is 5.50. The zero-order valence-corrected chi connectivity index (χ0v) is 25.6. The van der Waals surface area contributed by atoms with E-state index in [0.717, 1.165) is 43.9 Å². The van der Waals surface area contributed by atoms with E-state index in [1.165, 1.54) is 35.9 Å². The van der Waals surface area contributed by atoms with Crippen molar-refractivity contribution in [3.8, 4) is 11.1 Å². The number of para-hydroxylation sites is 1. The number of piperidine rings is 1. The SMILES string of the molecule is CCN1C(=O)N(c2ccc(-c3ccccc3NC(C)=O)cc2Cl)C(=O)C12CCN(Cc1ccc(N3CCCC3)cc1)CC2. The first-order valence-corrected chi connectivity index (χ1v) is 15.6. The van der Waals surface area contributed by atoms with Crippen LogP contribution in [0.3, 0.4) is 0 Å². The van der Waals surface area contributed by atoms with Gasteiger partial charge in [0.1, 0.15) is 5.54 Å². The number of likely N-dealkylation sites (N-methyl/N-ethyl adjacent to an activating group) is 1. The molecule has 224 valence electrons. The molecular formula is C34H38ClN5O3. The lowest BCUT2D eigenvalue weighted by molar-refractivity contribution is -0.127. The molecule has 0 unspecified atom stereocenters. The highest BCUT2D eigenvalue weighted by Crippen LogP contribution is 2.43. The lowest BCUT2D eigenvalue weighted by Crippen LogP contribution is -2.56. The van der Waals surface area contributed by atoms with Crippen molar-refractivity contribution in [2.45, 2.75) is 51.6 Å². The summed E-state index contributed by atoms with van der Waals surface area (Å²) < 4.78 is 0. The van der Waals surface area contributed by atoms with E-state index in [4.69, 9.17) is 11.6 Å². The van der Waals surface area contributed by atoms with E-state index in [0.29, 0.717) is 35.8 Å². The number of nitrogens with zero attached hydrogens (tertiary/aromatic N) is 4. The van der Waals surface area contributed by atoms with Crippen LogP contribution in [0.1, 0.15) is 45.1 Å². The fourth-order valence-electron chi connectivity index (χ4n) is 6.86. The highest BCUT2D eigenvalue weighted by atomic mass is 35.5. The van der Waals surface area contributed by atoms with Gasteiger partial charge in [-0.1, -0.05) is 48.0 Å². The van der Waals surface area contributed by atoms with Crippen molar-refractivity contribution in [3.63, 3.8) is 0 Å². The molecule has 3 aromatic carbocycles. The molecule has 3 heterocycles. The van der Waals surface area contributed by atoms with Crippen LogP contribution >= 0.6 is 11.6 Å². The Kier molecular flexibility index (Phi) is 8.16. The minimum absolute atomic E-state index is 0.171. The van der Waals surface area contributed by atoms with Crippen LogP contribution in [-0.4, -0.2) is 65.9 Å². The number of likely N-dealkylation sites (tertiary alicyclic amines) is 1. The molecular weight excluding hydrogens is 562 g/mol. The predicted molar refractivity (Wildman–Crippen MR) is 172 cm³/mol. The van der Waals surface area contributed by atoms with Gasteiger partial charge in [0.2, 0.25) is 5.91 Å². The molecule has 6 rings (SSSR count). The van der Waals surface area contributed by atoms with Crippen molar-refractivity contribution in [1.82, 2.24) is 9.80 Å². The summed E-state index contributed by atoms with van der Waals surface area (Å²) in [6.07, 6.45) is 3.68. The number of urea groups is 1. The van der Waals surface area contributed by atoms with E-state index in [9.17, 15) is 14.4 Å². The van der Waals surface area contributed by atoms with E-state index in [2.05, 4.69) is 39.4 Å². The van der Waals surface area contributed by atoms with Crippen molar-refractivity contribution in [3.05, 3.63) is 77.3 Å². The lowest BCUT2D eigenvalue weighted by Gasteiger charge is -2.41. The molecule has 1 spiro atoms. The molecule has 3 aromatic rings. The third-order valence-corrected chi connectivity index (χ3v) is 9.39. The molecule has 0 saturated carbocycles. The molecule has 43 heavy (non-hydrogen) atoms. The van der Waals surface area contributed by atoms with Gasteiger partial charge in [0.05, 0.1) is 10.7 Å². The maximum Gasteiger partial charge on any atom is 0.332 e. The molecule has 0 atom stereocenters. The molecule has 3 saturated heterocycles. The fraction of sp³-hybridized carbons (Fsp3) is 0.382. The molecule has 9 heteroatoms. The number of benzene rings is 3. The van der Waals surface area contributed by atoms with Crippen molar-refractivity contribution >= 4 is 46.5 Å². The van der Waals surface area contributed by atoms with Crippen LogP contribution in [-0.2, 0) is 16.1 Å². The molecule has 0 aromatic heterocycles. The van der Waals surface area contributed by atoms with E-state index in [-0.39, 0.29) is 17.8 Å². The topological polar surface area (TPSA) is 76.2 Å². The van der Waals surface area contributed by atoms with Crippen LogP contribution < -0.4 is 15.1 Å². The average molecular weight is 600 g/mol. The maximum absolute atomic E-state index is 14.1. The van der Waals surface area contributed by atoms with Gasteiger partial charge >= 0.3 is 6.03 Å². The first-order chi connectivity index (χ1) is 20.8. The summed E-state index contributed by atoms with van der Waals surface area (Å²) >= 11 is 6.77. The van der Waals surface area contributed by atoms with Gasteiger partial charge in [0.15, 0.2) is 0 Å². The summed E-state index contributed by atoms with van der Waals surface area (Å²) in [5, 5.41) is 3.15. The van der Waals surface area contributed by atoms with Crippen molar-refractivity contribution in [2.75, 3.05) is 47.8 Å². The Balaban J connectivity index is 1.18. The number of imide groups is 1. The van der Waals surface area contributed by atoms with E-state index >= 15 is 0 Å². The van der Waals surface area contributed by atoms with Crippen LogP contribution in [0.2, 0.25) is 5.02 Å². The minimum Gasteiger partial charge on any atom is -0.372 e. The van der Waals surface area contributed by atoms with Gasteiger partial charge in [0, 0.05) is 63.1 Å². The van der Waals surface area contributed by atoms with Crippen molar-refractivity contribution in [2.24, 2.45) is 0 Å². The summed E-state index contributed by atoms with van der Waals surface area (Å²) in [6.45, 7) is 8.37. The number of anilines is 3. The second kappa shape index (κ2) is 12.0. The van der Waals surface area contributed by atoms with E-state index in [1.807, 2.05) is 37.3 Å². The number of amides is 4. The molecule has 0 radical (unpaired) electrons. The predicted octanol–water partition coefficient (Wildman–Crippen LogP) is 6.39. The van der Waals surface area contributed by atoms with Gasteiger partial charge < -0.3 is 15.1 Å². The summed E-state index contributed by atoms with van der Waals surface area (Å²) in [6, 6.07) is 21.3. The number of carbonyl (C=O) groups excluding carboxylic acids is 3. The van der Waals surface area contributed by atoms with Gasteiger partial charge in [-0.2, -0.15) is 0 Å². The molecule has 3 fully saturated rings. The monoisotopic (exact) mass is 599 g/mol. The summed E-state index contributed by atoms with van der Waals surface area (Å²) in [4.78, 5) is 47.4. The summed E-state index contributed by atoms with van der Waals surface area (Å²) in [5.74, 6) is -0.378. The zero-order valence-electron chi connectivity index (χ0n) is 24.8. The maximum atomic E-state index is 14.1. The number of nitrogens with one attached hydrogen (secondary N) is 1. The average Bonchev–Trinajstić information content (AvgIpc) is 3.61. The van der Waals surface area contributed by atoms with E-state index < -0.39 is 5.54 Å². The number of carbonyl (C=O) groups is 3.